The molecule has 9 heteroatoms. The minimum atomic E-state index is -0.439. The molecular formula is C15H17N5O4. The number of non-ortho nitro benzene ring substituents is 1. The van der Waals surface area contributed by atoms with Gasteiger partial charge in [0.2, 0.25) is 5.95 Å². The molecule has 0 unspecified atom stereocenters. The molecule has 2 heterocycles. The minimum Gasteiger partial charge on any atom is -0.496 e. The van der Waals surface area contributed by atoms with E-state index in [2.05, 4.69) is 9.97 Å². The number of methoxy groups -OCH3 is 1. The predicted molar refractivity (Wildman–Crippen MR) is 86.7 cm³/mol. The van der Waals surface area contributed by atoms with E-state index in [1.54, 1.807) is 6.07 Å². The Balaban J connectivity index is 1.86. The van der Waals surface area contributed by atoms with Gasteiger partial charge in [-0.15, -0.1) is 0 Å². The molecule has 3 rings (SSSR count). The van der Waals surface area contributed by atoms with Crippen molar-refractivity contribution in [2.45, 2.75) is 19.5 Å². The Kier molecular flexibility index (Phi) is 4.17. The molecule has 0 atom stereocenters. The number of nitrogens with one attached hydrogen (secondary N) is 1. The molecule has 0 fully saturated rings. The summed E-state index contributed by atoms with van der Waals surface area (Å²) in [7, 11) is 1.52. The van der Waals surface area contributed by atoms with Crippen molar-refractivity contribution in [1.82, 2.24) is 14.9 Å². The number of hydrogen-bond acceptors (Lipinski definition) is 7. The van der Waals surface area contributed by atoms with Gasteiger partial charge in [-0.2, -0.15) is 0 Å². The Hall–Kier alpha value is -2.94. The number of nitro benzene ring substituents is 1. The van der Waals surface area contributed by atoms with E-state index in [9.17, 15) is 14.9 Å². The van der Waals surface area contributed by atoms with Crippen molar-refractivity contribution in [3.63, 3.8) is 0 Å². The van der Waals surface area contributed by atoms with Crippen LogP contribution in [-0.2, 0) is 19.5 Å². The molecule has 0 radical (unpaired) electrons. The number of nitro groups is 1. The smallest absolute Gasteiger partial charge is 0.270 e. The molecule has 1 aliphatic rings. The summed E-state index contributed by atoms with van der Waals surface area (Å²) in [6, 6.07) is 4.49. The maximum Gasteiger partial charge on any atom is 0.270 e. The molecule has 3 N–H and O–H groups in total. The van der Waals surface area contributed by atoms with Crippen LogP contribution in [0.3, 0.4) is 0 Å². The van der Waals surface area contributed by atoms with Crippen LogP contribution in [0, 0.1) is 10.1 Å². The maximum atomic E-state index is 12.0. The van der Waals surface area contributed by atoms with Crippen molar-refractivity contribution >= 4 is 11.6 Å². The zero-order valence-corrected chi connectivity index (χ0v) is 13.1. The molecular weight excluding hydrogens is 314 g/mol. The first-order chi connectivity index (χ1) is 11.5. The van der Waals surface area contributed by atoms with Gasteiger partial charge in [0.05, 0.1) is 23.3 Å². The molecule has 9 nitrogen and oxygen atoms in total. The number of aromatic nitrogens is 2. The standard InChI is InChI=1S/C15H17N5O4/c1-24-13-3-2-10(20(22)23)6-9(13)7-19-5-4-12-11(8-19)14(21)18-15(16)17-12/h2-3,6H,4-5,7-8H2,1H3,(H3,16,17,18,21). The molecule has 0 saturated heterocycles. The number of nitrogen functional groups attached to an aromatic ring is 1. The molecule has 1 aromatic carbocycles. The predicted octanol–water partition coefficient (Wildman–Crippen LogP) is 0.827. The molecule has 0 aliphatic carbocycles. The zero-order valence-electron chi connectivity index (χ0n) is 13.1. The fourth-order valence-corrected chi connectivity index (χ4v) is 2.88. The Labute approximate surface area is 137 Å². The van der Waals surface area contributed by atoms with E-state index in [1.807, 2.05) is 4.90 Å². The average Bonchev–Trinajstić information content (AvgIpc) is 2.55. The van der Waals surface area contributed by atoms with Crippen molar-refractivity contribution in [3.05, 3.63) is 55.5 Å². The molecule has 0 bridgehead atoms. The summed E-state index contributed by atoms with van der Waals surface area (Å²) in [5.74, 6) is 0.697. The van der Waals surface area contributed by atoms with E-state index in [0.717, 1.165) is 0 Å². The van der Waals surface area contributed by atoms with Crippen molar-refractivity contribution in [2.75, 3.05) is 19.4 Å². The van der Waals surface area contributed by atoms with E-state index < -0.39 is 4.92 Å². The van der Waals surface area contributed by atoms with E-state index in [0.29, 0.717) is 48.6 Å². The van der Waals surface area contributed by atoms with Crippen LogP contribution in [0.5, 0.6) is 5.75 Å². The van der Waals surface area contributed by atoms with Crippen molar-refractivity contribution in [3.8, 4) is 5.75 Å². The van der Waals surface area contributed by atoms with Gasteiger partial charge in [-0.1, -0.05) is 0 Å². The van der Waals surface area contributed by atoms with Crippen LogP contribution in [0.1, 0.15) is 16.8 Å². The van der Waals surface area contributed by atoms with Gasteiger partial charge in [0.15, 0.2) is 0 Å². The summed E-state index contributed by atoms with van der Waals surface area (Å²) in [6.07, 6.45) is 0.598. The maximum absolute atomic E-state index is 12.0. The van der Waals surface area contributed by atoms with E-state index in [1.165, 1.54) is 19.2 Å². The van der Waals surface area contributed by atoms with E-state index in [4.69, 9.17) is 10.5 Å². The SMILES string of the molecule is COc1ccc([N+](=O)[O-])cc1CN1CCc2nc(N)[nH]c(=O)c2C1. The highest BCUT2D eigenvalue weighted by molar-refractivity contribution is 5.44. The molecule has 0 saturated carbocycles. The zero-order chi connectivity index (χ0) is 17.3. The van der Waals surface area contributed by atoms with Gasteiger partial charge in [-0.25, -0.2) is 4.98 Å². The van der Waals surface area contributed by atoms with Gasteiger partial charge in [0.1, 0.15) is 5.75 Å². The van der Waals surface area contributed by atoms with E-state index >= 15 is 0 Å². The largest absolute Gasteiger partial charge is 0.496 e. The number of rotatable bonds is 4. The molecule has 0 amide bonds. The molecule has 1 aromatic heterocycles. The Bertz CT molecular complexity index is 848. The first-order valence-electron chi connectivity index (χ1n) is 7.39. The lowest BCUT2D eigenvalue weighted by Gasteiger charge is -2.27. The summed E-state index contributed by atoms with van der Waals surface area (Å²) >= 11 is 0. The Morgan fingerprint density at radius 1 is 1.50 bits per heavy atom. The summed E-state index contributed by atoms with van der Waals surface area (Å²) in [6.45, 7) is 1.52. The second kappa shape index (κ2) is 6.28. The number of fused-ring (bicyclic) bond motifs is 1. The third-order valence-electron chi connectivity index (χ3n) is 4.03. The Morgan fingerprint density at radius 3 is 3.00 bits per heavy atom. The molecule has 1 aliphatic heterocycles. The quantitative estimate of drug-likeness (QED) is 0.627. The normalized spacial score (nSPS) is 14.2. The highest BCUT2D eigenvalue weighted by Gasteiger charge is 2.22. The number of ether oxygens (including phenoxy) is 1. The number of aromatic amines is 1. The van der Waals surface area contributed by atoms with Crippen LogP contribution in [-0.4, -0.2) is 33.4 Å². The number of hydrogen-bond donors (Lipinski definition) is 2. The van der Waals surface area contributed by atoms with Crippen molar-refractivity contribution < 1.29 is 9.66 Å². The van der Waals surface area contributed by atoms with Gasteiger partial charge < -0.3 is 10.5 Å². The van der Waals surface area contributed by atoms with Gasteiger partial charge in [0.25, 0.3) is 11.2 Å². The number of H-pyrrole nitrogens is 1. The number of nitrogens with two attached hydrogens (primary N) is 1. The molecule has 24 heavy (non-hydrogen) atoms. The van der Waals surface area contributed by atoms with Gasteiger partial charge in [-0.05, 0) is 6.07 Å². The lowest BCUT2D eigenvalue weighted by molar-refractivity contribution is -0.385. The second-order valence-corrected chi connectivity index (χ2v) is 5.59. The monoisotopic (exact) mass is 331 g/mol. The summed E-state index contributed by atoms with van der Waals surface area (Å²) in [5, 5.41) is 11.0. The van der Waals surface area contributed by atoms with Crippen molar-refractivity contribution in [1.29, 1.82) is 0 Å². The summed E-state index contributed by atoms with van der Waals surface area (Å²) < 4.78 is 5.28. The fourth-order valence-electron chi connectivity index (χ4n) is 2.88. The third-order valence-corrected chi connectivity index (χ3v) is 4.03. The van der Waals surface area contributed by atoms with Gasteiger partial charge in [-0.3, -0.25) is 24.8 Å². The lowest BCUT2D eigenvalue weighted by atomic mass is 10.1. The van der Waals surface area contributed by atoms with Crippen LogP contribution >= 0.6 is 0 Å². The first-order valence-corrected chi connectivity index (χ1v) is 7.39. The summed E-state index contributed by atoms with van der Waals surface area (Å²) in [5.41, 5.74) is 7.32. The van der Waals surface area contributed by atoms with Crippen LogP contribution in [0.2, 0.25) is 0 Å². The number of benzene rings is 1. The number of nitrogens with zero attached hydrogens (tertiary/aromatic N) is 3. The molecule has 126 valence electrons. The average molecular weight is 331 g/mol. The van der Waals surface area contributed by atoms with Gasteiger partial charge in [0, 0.05) is 43.8 Å². The van der Waals surface area contributed by atoms with Gasteiger partial charge >= 0.3 is 0 Å². The highest BCUT2D eigenvalue weighted by atomic mass is 16.6. The Morgan fingerprint density at radius 2 is 2.29 bits per heavy atom. The fraction of sp³-hybridized carbons (Fsp3) is 0.333. The van der Waals surface area contributed by atoms with Crippen LogP contribution < -0.4 is 16.0 Å². The summed E-state index contributed by atoms with van der Waals surface area (Å²) in [4.78, 5) is 31.3. The first kappa shape index (κ1) is 15.9. The molecule has 0 spiro atoms. The second-order valence-electron chi connectivity index (χ2n) is 5.59. The van der Waals surface area contributed by atoms with Crippen LogP contribution in [0.25, 0.3) is 0 Å². The minimum absolute atomic E-state index is 0.00972. The van der Waals surface area contributed by atoms with E-state index in [-0.39, 0.29) is 17.2 Å². The third kappa shape index (κ3) is 3.06. The highest BCUT2D eigenvalue weighted by Crippen LogP contribution is 2.26. The van der Waals surface area contributed by atoms with Crippen LogP contribution in [0.4, 0.5) is 11.6 Å². The van der Waals surface area contributed by atoms with Crippen molar-refractivity contribution in [2.24, 2.45) is 0 Å². The van der Waals surface area contributed by atoms with Crippen LogP contribution in [0.15, 0.2) is 23.0 Å². The topological polar surface area (TPSA) is 127 Å². The number of anilines is 1. The lowest BCUT2D eigenvalue weighted by Crippen LogP contribution is -2.35. The molecule has 2 aromatic rings.